The summed E-state index contributed by atoms with van der Waals surface area (Å²) < 4.78 is 8.17. The van der Waals surface area contributed by atoms with E-state index in [1.165, 1.54) is 41.5 Å². The molecule has 0 spiro atoms. The number of nitrogens with one attached hydrogen (secondary N) is 1. The summed E-state index contributed by atoms with van der Waals surface area (Å²) in [6.45, 7) is 11.6. The van der Waals surface area contributed by atoms with E-state index < -0.39 is 0 Å². The minimum atomic E-state index is -0.217. The van der Waals surface area contributed by atoms with Crippen LogP contribution in [0.25, 0.3) is 0 Å². The summed E-state index contributed by atoms with van der Waals surface area (Å²) in [7, 11) is 1.41. The Morgan fingerprint density at radius 2 is 1.61 bits per heavy atom. The van der Waals surface area contributed by atoms with Gasteiger partial charge >= 0.3 is 5.97 Å². The zero-order valence-corrected chi connectivity index (χ0v) is 18.6. The molecule has 3 rings (SSSR count). The fourth-order valence-corrected chi connectivity index (χ4v) is 4.62. The number of carbonyl (C=O) groups excluding carboxylic acids is 1. The largest absolute Gasteiger partial charge is 0.469 e. The monoisotopic (exact) mass is 397 g/mol. The lowest BCUT2D eigenvalue weighted by atomic mass is 9.63. The van der Waals surface area contributed by atoms with Gasteiger partial charge in [0.2, 0.25) is 0 Å². The van der Waals surface area contributed by atoms with Crippen LogP contribution < -0.4 is 4.72 Å². The van der Waals surface area contributed by atoms with E-state index in [4.69, 9.17) is 4.74 Å². The lowest BCUT2D eigenvalue weighted by Gasteiger charge is -2.42. The van der Waals surface area contributed by atoms with Crippen LogP contribution >= 0.6 is 11.9 Å². The molecule has 0 radical (unpaired) electrons. The fraction of sp³-hybridized carbons (Fsp3) is 0.458. The highest BCUT2D eigenvalue weighted by Gasteiger charge is 2.37. The molecule has 2 aromatic carbocycles. The molecular formula is C24H31NO2S. The topological polar surface area (TPSA) is 38.3 Å². The first-order valence-corrected chi connectivity index (χ1v) is 10.7. The lowest BCUT2D eigenvalue weighted by Crippen LogP contribution is -2.34. The second-order valence-corrected chi connectivity index (χ2v) is 9.93. The number of methoxy groups -OCH3 is 1. The zero-order valence-electron chi connectivity index (χ0n) is 17.8. The first-order chi connectivity index (χ1) is 13.1. The van der Waals surface area contributed by atoms with E-state index in [-0.39, 0.29) is 16.8 Å². The molecule has 3 nitrogen and oxygen atoms in total. The number of ether oxygens (including phenoxy) is 1. The highest BCUT2D eigenvalue weighted by molar-refractivity contribution is 8.00. The van der Waals surface area contributed by atoms with Gasteiger partial charge in [-0.25, -0.2) is 0 Å². The van der Waals surface area contributed by atoms with Crippen LogP contribution in [0, 0.1) is 6.92 Å². The summed E-state index contributed by atoms with van der Waals surface area (Å²) in [5, 5.41) is 0. The summed E-state index contributed by atoms with van der Waals surface area (Å²) in [6, 6.07) is 12.7. The second-order valence-electron chi connectivity index (χ2n) is 9.09. The van der Waals surface area contributed by atoms with Gasteiger partial charge in [-0.05, 0) is 83.0 Å². The average Bonchev–Trinajstić information content (AvgIpc) is 2.65. The van der Waals surface area contributed by atoms with Gasteiger partial charge in [0.05, 0.1) is 13.5 Å². The van der Waals surface area contributed by atoms with Crippen LogP contribution in [-0.4, -0.2) is 13.1 Å². The molecule has 1 N–H and O–H groups in total. The van der Waals surface area contributed by atoms with Crippen LogP contribution in [0.2, 0.25) is 0 Å². The third kappa shape index (κ3) is 4.38. The molecule has 0 amide bonds. The second kappa shape index (κ2) is 7.82. The SMILES string of the molecule is COC(=O)Cc1ccc(NSc2cc3c(cc2C)C(C)(C)CCC3(C)C)cc1. The highest BCUT2D eigenvalue weighted by atomic mass is 32.2. The number of fused-ring (bicyclic) bond motifs is 1. The van der Waals surface area contributed by atoms with Gasteiger partial charge in [-0.3, -0.25) is 4.79 Å². The first-order valence-electron chi connectivity index (χ1n) is 9.87. The van der Waals surface area contributed by atoms with Crippen LogP contribution in [0.4, 0.5) is 5.69 Å². The summed E-state index contributed by atoms with van der Waals surface area (Å²) >= 11 is 1.66. The number of rotatable bonds is 5. The highest BCUT2D eigenvalue weighted by Crippen LogP contribution is 2.47. The first kappa shape index (κ1) is 20.8. The molecule has 0 unspecified atom stereocenters. The molecule has 150 valence electrons. The van der Waals surface area contributed by atoms with Gasteiger partial charge in [-0.2, -0.15) is 0 Å². The Hall–Kier alpha value is -1.94. The summed E-state index contributed by atoms with van der Waals surface area (Å²) in [5.74, 6) is -0.217. The smallest absolute Gasteiger partial charge is 0.309 e. The maximum absolute atomic E-state index is 11.4. The predicted molar refractivity (Wildman–Crippen MR) is 118 cm³/mol. The Labute approximate surface area is 173 Å². The quantitative estimate of drug-likeness (QED) is 0.483. The Morgan fingerprint density at radius 1 is 1.04 bits per heavy atom. The molecule has 1 aliphatic rings. The lowest BCUT2D eigenvalue weighted by molar-refractivity contribution is -0.139. The minimum Gasteiger partial charge on any atom is -0.469 e. The Bertz CT molecular complexity index is 869. The van der Waals surface area contributed by atoms with E-state index >= 15 is 0 Å². The van der Waals surface area contributed by atoms with Gasteiger partial charge in [-0.15, -0.1) is 0 Å². The molecule has 0 bridgehead atoms. The molecule has 0 fully saturated rings. The number of hydrogen-bond acceptors (Lipinski definition) is 4. The summed E-state index contributed by atoms with van der Waals surface area (Å²) in [6.07, 6.45) is 2.75. The maximum Gasteiger partial charge on any atom is 0.309 e. The molecule has 0 saturated heterocycles. The van der Waals surface area contributed by atoms with E-state index in [1.54, 1.807) is 11.9 Å². The average molecular weight is 398 g/mol. The minimum absolute atomic E-state index is 0.212. The van der Waals surface area contributed by atoms with Gasteiger partial charge in [0, 0.05) is 10.6 Å². The van der Waals surface area contributed by atoms with E-state index in [0.717, 1.165) is 11.3 Å². The van der Waals surface area contributed by atoms with Crippen molar-refractivity contribution in [3.05, 3.63) is 58.7 Å². The van der Waals surface area contributed by atoms with E-state index in [0.29, 0.717) is 6.42 Å². The van der Waals surface area contributed by atoms with E-state index in [1.807, 2.05) is 24.3 Å². The number of anilines is 1. The van der Waals surface area contributed by atoms with Gasteiger partial charge in [0.25, 0.3) is 0 Å². The number of hydrogen-bond donors (Lipinski definition) is 1. The summed E-state index contributed by atoms with van der Waals surface area (Å²) in [5.41, 5.74) is 6.71. The van der Waals surface area contributed by atoms with Gasteiger partial charge in [0.15, 0.2) is 0 Å². The molecule has 2 aromatic rings. The van der Waals surface area contributed by atoms with Crippen molar-refractivity contribution in [3.63, 3.8) is 0 Å². The van der Waals surface area contributed by atoms with Crippen molar-refractivity contribution < 1.29 is 9.53 Å². The van der Waals surface area contributed by atoms with Crippen molar-refractivity contribution in [3.8, 4) is 0 Å². The number of aryl methyl sites for hydroxylation is 1. The molecule has 0 heterocycles. The molecule has 1 aliphatic carbocycles. The van der Waals surface area contributed by atoms with E-state index in [2.05, 4.69) is 51.5 Å². The number of benzene rings is 2. The third-order valence-corrected chi connectivity index (χ3v) is 6.95. The van der Waals surface area contributed by atoms with E-state index in [9.17, 15) is 4.79 Å². The molecular weight excluding hydrogens is 366 g/mol. The Kier molecular flexibility index (Phi) is 5.81. The van der Waals surface area contributed by atoms with Crippen LogP contribution in [0.1, 0.15) is 62.8 Å². The normalized spacial score (nSPS) is 16.9. The predicted octanol–water partition coefficient (Wildman–Crippen LogP) is 6.18. The van der Waals surface area contributed by atoms with Gasteiger partial charge < -0.3 is 9.46 Å². The molecule has 0 atom stereocenters. The Morgan fingerprint density at radius 3 is 2.18 bits per heavy atom. The van der Waals surface area contributed by atoms with Gasteiger partial charge in [0.1, 0.15) is 0 Å². The van der Waals surface area contributed by atoms with Crippen molar-refractivity contribution in [2.75, 3.05) is 11.8 Å². The van der Waals surface area contributed by atoms with Crippen molar-refractivity contribution in [1.82, 2.24) is 0 Å². The van der Waals surface area contributed by atoms with Crippen LogP contribution in [0.3, 0.4) is 0 Å². The van der Waals surface area contributed by atoms with Gasteiger partial charge in [-0.1, -0.05) is 45.9 Å². The molecule has 4 heteroatoms. The fourth-order valence-electron chi connectivity index (χ4n) is 3.86. The van der Waals surface area contributed by atoms with Crippen molar-refractivity contribution in [1.29, 1.82) is 0 Å². The number of esters is 1. The molecule has 0 aliphatic heterocycles. The third-order valence-electron chi connectivity index (χ3n) is 5.96. The molecule has 28 heavy (non-hydrogen) atoms. The van der Waals surface area contributed by atoms with Crippen LogP contribution in [0.15, 0.2) is 41.3 Å². The van der Waals surface area contributed by atoms with Crippen molar-refractivity contribution in [2.24, 2.45) is 0 Å². The van der Waals surface area contributed by atoms with Crippen molar-refractivity contribution in [2.45, 2.75) is 69.6 Å². The zero-order chi connectivity index (χ0) is 20.5. The standard InChI is InChI=1S/C24H31NO2S/c1-16-13-19-20(24(4,5)12-11-23(19,2)3)15-21(16)28-25-18-9-7-17(8-10-18)14-22(26)27-6/h7-10,13,15,25H,11-12,14H2,1-6H3. The molecule has 0 saturated carbocycles. The van der Waals surface area contributed by atoms with Crippen LogP contribution in [0.5, 0.6) is 0 Å². The summed E-state index contributed by atoms with van der Waals surface area (Å²) in [4.78, 5) is 12.7. The molecule has 0 aromatic heterocycles. The maximum atomic E-state index is 11.4. The Balaban J connectivity index is 1.77. The number of carbonyl (C=O) groups is 1. The van der Waals surface area contributed by atoms with Crippen molar-refractivity contribution >= 4 is 23.6 Å². The van der Waals surface area contributed by atoms with Crippen LogP contribution in [-0.2, 0) is 26.8 Å².